The van der Waals surface area contributed by atoms with E-state index in [2.05, 4.69) is 33.4 Å². The smallest absolute Gasteiger partial charge is 0.110 e. The molecule has 1 aromatic carbocycles. The number of benzene rings is 1. The van der Waals surface area contributed by atoms with E-state index in [9.17, 15) is 0 Å². The van der Waals surface area contributed by atoms with Crippen LogP contribution in [0.15, 0.2) is 18.2 Å². The zero-order valence-electron chi connectivity index (χ0n) is 12.5. The first kappa shape index (κ1) is 12.1. The summed E-state index contributed by atoms with van der Waals surface area (Å²) >= 11 is 0. The molecule has 1 unspecified atom stereocenters. The molecule has 1 aromatic heterocycles. The number of H-pyrrole nitrogens is 1. The van der Waals surface area contributed by atoms with Gasteiger partial charge in [-0.3, -0.25) is 0 Å². The molecule has 3 heteroatoms. The van der Waals surface area contributed by atoms with Gasteiger partial charge < -0.3 is 15.2 Å². The number of fused-ring (bicyclic) bond motifs is 3. The van der Waals surface area contributed by atoms with Gasteiger partial charge in [0.15, 0.2) is 0 Å². The summed E-state index contributed by atoms with van der Waals surface area (Å²) in [7, 11) is 0. The molecule has 0 radical (unpaired) electrons. The van der Waals surface area contributed by atoms with E-state index in [4.69, 9.17) is 0 Å². The van der Waals surface area contributed by atoms with Crippen molar-refractivity contribution >= 4 is 16.7 Å². The van der Waals surface area contributed by atoms with Gasteiger partial charge >= 0.3 is 0 Å². The number of para-hydroxylation sites is 1. The Balaban J connectivity index is 1.69. The minimum Gasteiger partial charge on any atom is -0.358 e. The highest BCUT2D eigenvalue weighted by molar-refractivity contribution is 5.93. The van der Waals surface area contributed by atoms with Crippen molar-refractivity contribution in [3.63, 3.8) is 0 Å². The van der Waals surface area contributed by atoms with E-state index in [1.807, 2.05) is 0 Å². The van der Waals surface area contributed by atoms with Crippen molar-refractivity contribution in [2.45, 2.75) is 44.1 Å². The van der Waals surface area contributed by atoms with Crippen molar-refractivity contribution in [1.82, 2.24) is 10.3 Å². The minimum absolute atomic E-state index is 0.537. The van der Waals surface area contributed by atoms with Gasteiger partial charge in [-0.25, -0.2) is 0 Å². The van der Waals surface area contributed by atoms with Crippen LogP contribution >= 0.6 is 0 Å². The third-order valence-corrected chi connectivity index (χ3v) is 5.79. The Kier molecular flexibility index (Phi) is 2.60. The maximum Gasteiger partial charge on any atom is 0.110 e. The van der Waals surface area contributed by atoms with E-state index in [1.165, 1.54) is 67.5 Å². The van der Waals surface area contributed by atoms with Crippen LogP contribution in [0.1, 0.15) is 55.2 Å². The Labute approximate surface area is 125 Å². The average Bonchev–Trinajstić information content (AvgIpc) is 2.98. The Morgan fingerprint density at radius 3 is 2.76 bits per heavy atom. The summed E-state index contributed by atoms with van der Waals surface area (Å²) in [5.74, 6) is 2.21. The Morgan fingerprint density at radius 1 is 1.05 bits per heavy atom. The molecule has 4 aliphatic rings. The first-order valence-corrected chi connectivity index (χ1v) is 8.54. The third-order valence-electron chi connectivity index (χ3n) is 5.79. The summed E-state index contributed by atoms with van der Waals surface area (Å²) in [5.41, 5.74) is 4.50. The maximum absolute atomic E-state index is 3.80. The minimum atomic E-state index is 0.537. The standard InChI is InChI=1S/C18H23N3/c1-2-9-19-15(6-1)13-4-3-5-14-16-12-7-10-21(11-8-12)18(16)20-17(13)14/h3-5,12,15,19-20H,1-2,6-11H2. The van der Waals surface area contributed by atoms with Crippen LogP contribution in [0.3, 0.4) is 0 Å². The number of rotatable bonds is 1. The van der Waals surface area contributed by atoms with Crippen molar-refractivity contribution in [2.75, 3.05) is 24.5 Å². The molecular weight excluding hydrogens is 258 g/mol. The number of nitrogens with zero attached hydrogens (tertiary/aromatic N) is 1. The molecule has 1 atom stereocenters. The molecule has 5 heterocycles. The summed E-state index contributed by atoms with van der Waals surface area (Å²) < 4.78 is 0. The highest BCUT2D eigenvalue weighted by Crippen LogP contribution is 2.47. The van der Waals surface area contributed by atoms with E-state index < -0.39 is 0 Å². The summed E-state index contributed by atoms with van der Waals surface area (Å²) in [6, 6.07) is 7.46. The first-order valence-electron chi connectivity index (χ1n) is 8.54. The third kappa shape index (κ3) is 1.70. The van der Waals surface area contributed by atoms with Crippen LogP contribution in [0, 0.1) is 0 Å². The molecule has 2 aromatic rings. The molecule has 0 aliphatic carbocycles. The van der Waals surface area contributed by atoms with E-state index in [1.54, 1.807) is 5.56 Å². The van der Waals surface area contributed by atoms with Crippen LogP contribution in [0.5, 0.6) is 0 Å². The highest BCUT2D eigenvalue weighted by atomic mass is 15.2. The number of aromatic nitrogens is 1. The Morgan fingerprint density at radius 2 is 1.95 bits per heavy atom. The van der Waals surface area contributed by atoms with Gasteiger partial charge in [-0.15, -0.1) is 0 Å². The SMILES string of the molecule is c1cc(C2CCCCN2)c2[nH]c3c(c2c1)C1CCN3CC1. The van der Waals surface area contributed by atoms with Gasteiger partial charge in [-0.05, 0) is 43.7 Å². The fraction of sp³-hybridized carbons (Fsp3) is 0.556. The lowest BCUT2D eigenvalue weighted by Crippen LogP contribution is -2.38. The Hall–Kier alpha value is -1.48. The normalized spacial score (nSPS) is 25.5. The molecule has 110 valence electrons. The number of nitrogens with one attached hydrogen (secondary N) is 2. The van der Waals surface area contributed by atoms with E-state index in [0.29, 0.717) is 6.04 Å². The van der Waals surface area contributed by atoms with Gasteiger partial charge in [0.05, 0.1) is 5.52 Å². The van der Waals surface area contributed by atoms with Crippen molar-refractivity contribution < 1.29 is 0 Å². The molecule has 2 N–H and O–H groups in total. The highest BCUT2D eigenvalue weighted by Gasteiger charge is 2.34. The second-order valence-corrected chi connectivity index (χ2v) is 6.92. The summed E-state index contributed by atoms with van der Waals surface area (Å²) in [6.07, 6.45) is 6.63. The van der Waals surface area contributed by atoms with Crippen LogP contribution in [-0.4, -0.2) is 24.6 Å². The zero-order chi connectivity index (χ0) is 13.8. The van der Waals surface area contributed by atoms with Gasteiger partial charge in [0.1, 0.15) is 5.82 Å². The second kappa shape index (κ2) is 4.51. The fourth-order valence-corrected chi connectivity index (χ4v) is 4.71. The summed E-state index contributed by atoms with van der Waals surface area (Å²) in [6.45, 7) is 3.64. The molecule has 0 amide bonds. The number of anilines is 1. The van der Waals surface area contributed by atoms with Gasteiger partial charge in [0.2, 0.25) is 0 Å². The van der Waals surface area contributed by atoms with Crippen molar-refractivity contribution in [3.05, 3.63) is 29.3 Å². The van der Waals surface area contributed by atoms with E-state index in [0.717, 1.165) is 12.5 Å². The van der Waals surface area contributed by atoms with Crippen LogP contribution in [0.2, 0.25) is 0 Å². The van der Waals surface area contributed by atoms with E-state index >= 15 is 0 Å². The molecule has 6 rings (SSSR count). The molecule has 2 saturated heterocycles. The van der Waals surface area contributed by atoms with Crippen molar-refractivity contribution in [2.24, 2.45) is 0 Å². The van der Waals surface area contributed by atoms with Crippen LogP contribution in [0.25, 0.3) is 10.9 Å². The lowest BCUT2D eigenvalue weighted by Gasteiger charge is -2.40. The van der Waals surface area contributed by atoms with Gasteiger partial charge in [-0.1, -0.05) is 24.6 Å². The van der Waals surface area contributed by atoms with E-state index in [-0.39, 0.29) is 0 Å². The molecule has 0 saturated carbocycles. The molecule has 4 aliphatic heterocycles. The van der Waals surface area contributed by atoms with Gasteiger partial charge in [0, 0.05) is 30.1 Å². The lowest BCUT2D eigenvalue weighted by atomic mass is 9.84. The average molecular weight is 281 g/mol. The predicted molar refractivity (Wildman–Crippen MR) is 87.1 cm³/mol. The molecule has 2 fully saturated rings. The predicted octanol–water partition coefficient (Wildman–Crippen LogP) is 3.68. The molecule has 0 spiro atoms. The monoisotopic (exact) mass is 281 g/mol. The maximum atomic E-state index is 3.80. The molecule has 21 heavy (non-hydrogen) atoms. The van der Waals surface area contributed by atoms with Crippen LogP contribution in [-0.2, 0) is 0 Å². The number of hydrogen-bond donors (Lipinski definition) is 2. The summed E-state index contributed by atoms with van der Waals surface area (Å²) in [5, 5.41) is 5.20. The number of hydrogen-bond acceptors (Lipinski definition) is 2. The number of piperidine rings is 2. The zero-order valence-corrected chi connectivity index (χ0v) is 12.5. The quantitative estimate of drug-likeness (QED) is 0.835. The van der Waals surface area contributed by atoms with Crippen LogP contribution in [0.4, 0.5) is 5.82 Å². The lowest BCUT2D eigenvalue weighted by molar-refractivity contribution is 0.414. The Bertz CT molecular complexity index is 673. The first-order chi connectivity index (χ1) is 10.4. The molecular formula is C18H23N3. The largest absolute Gasteiger partial charge is 0.358 e. The van der Waals surface area contributed by atoms with Crippen LogP contribution < -0.4 is 10.2 Å². The van der Waals surface area contributed by atoms with Gasteiger partial charge in [-0.2, -0.15) is 0 Å². The van der Waals surface area contributed by atoms with Crippen molar-refractivity contribution in [1.29, 1.82) is 0 Å². The fourth-order valence-electron chi connectivity index (χ4n) is 4.71. The molecule has 3 nitrogen and oxygen atoms in total. The second-order valence-electron chi connectivity index (χ2n) is 6.92. The number of aromatic amines is 1. The topological polar surface area (TPSA) is 31.1 Å². The summed E-state index contributed by atoms with van der Waals surface area (Å²) in [4.78, 5) is 6.36. The van der Waals surface area contributed by atoms with Crippen molar-refractivity contribution in [3.8, 4) is 0 Å². The van der Waals surface area contributed by atoms with Gasteiger partial charge in [0.25, 0.3) is 0 Å². The molecule has 2 bridgehead atoms.